The van der Waals surface area contributed by atoms with Crippen molar-refractivity contribution in [2.24, 2.45) is 0 Å². The largest absolute Gasteiger partial charge is 0.376 e. The molecule has 25 heavy (non-hydrogen) atoms. The van der Waals surface area contributed by atoms with Crippen molar-refractivity contribution in [3.05, 3.63) is 59.7 Å². The molecule has 0 spiro atoms. The van der Waals surface area contributed by atoms with Gasteiger partial charge in [-0.15, -0.1) is 5.92 Å². The zero-order chi connectivity index (χ0) is 18.3. The summed E-state index contributed by atoms with van der Waals surface area (Å²) in [6.07, 6.45) is 1.69. The van der Waals surface area contributed by atoms with Crippen molar-refractivity contribution in [3.63, 3.8) is 0 Å². The highest BCUT2D eigenvalue weighted by Gasteiger charge is 2.17. The fourth-order valence-electron chi connectivity index (χ4n) is 2.26. The predicted octanol–water partition coefficient (Wildman–Crippen LogP) is 4.02. The summed E-state index contributed by atoms with van der Waals surface area (Å²) >= 11 is 0. The Morgan fingerprint density at radius 1 is 1.12 bits per heavy atom. The number of aliphatic hydroxyl groups excluding tert-OH is 1. The van der Waals surface area contributed by atoms with Gasteiger partial charge in [-0.25, -0.2) is 8.42 Å². The first kappa shape index (κ1) is 19.0. The first-order chi connectivity index (χ1) is 11.9. The van der Waals surface area contributed by atoms with E-state index in [1.807, 2.05) is 6.92 Å². The molecule has 5 heteroatoms. The van der Waals surface area contributed by atoms with Crippen LogP contribution in [-0.2, 0) is 10.0 Å². The van der Waals surface area contributed by atoms with E-state index in [9.17, 15) is 13.5 Å². The van der Waals surface area contributed by atoms with Crippen molar-refractivity contribution in [1.82, 2.24) is 0 Å². The molecular formula is C20H23NO3S. The minimum atomic E-state index is -3.72. The number of benzene rings is 2. The van der Waals surface area contributed by atoms with E-state index in [-0.39, 0.29) is 4.90 Å². The molecule has 0 fully saturated rings. The van der Waals surface area contributed by atoms with E-state index in [0.717, 1.165) is 18.4 Å². The average molecular weight is 357 g/mol. The lowest BCUT2D eigenvalue weighted by molar-refractivity contribution is 0.239. The highest BCUT2D eigenvalue weighted by molar-refractivity contribution is 7.92. The average Bonchev–Trinajstić information content (AvgIpc) is 2.59. The number of nitrogens with one attached hydrogen (secondary N) is 1. The third-order valence-electron chi connectivity index (χ3n) is 3.73. The van der Waals surface area contributed by atoms with E-state index in [1.165, 1.54) is 0 Å². The van der Waals surface area contributed by atoms with Crippen LogP contribution in [0.2, 0.25) is 0 Å². The lowest BCUT2D eigenvalue weighted by Crippen LogP contribution is -2.15. The Morgan fingerprint density at radius 2 is 1.80 bits per heavy atom. The lowest BCUT2D eigenvalue weighted by Gasteiger charge is -2.14. The van der Waals surface area contributed by atoms with Crippen molar-refractivity contribution in [2.75, 3.05) is 4.72 Å². The molecule has 0 aliphatic rings. The van der Waals surface area contributed by atoms with E-state index >= 15 is 0 Å². The molecule has 0 aromatic heterocycles. The second-order valence-corrected chi connectivity index (χ2v) is 7.52. The topological polar surface area (TPSA) is 66.4 Å². The molecule has 2 aromatic carbocycles. The Balaban J connectivity index is 2.25. The van der Waals surface area contributed by atoms with Gasteiger partial charge < -0.3 is 5.11 Å². The Hall–Kier alpha value is -2.29. The summed E-state index contributed by atoms with van der Waals surface area (Å²) in [6, 6.07) is 13.4. The molecular weight excluding hydrogens is 334 g/mol. The smallest absolute Gasteiger partial charge is 0.261 e. The number of aryl methyl sites for hydroxylation is 1. The maximum absolute atomic E-state index is 12.6. The standard InChI is InChI=1S/C20H23NO3S/c1-3-4-5-6-11-20(22)18-9-7-8-10-19(18)21-25(23,24)17-14-12-16(2)13-15-17/h7-10,12-15,20-22H,3-5H2,1-2H3. The second-order valence-electron chi connectivity index (χ2n) is 5.83. The van der Waals surface area contributed by atoms with E-state index in [2.05, 4.69) is 23.5 Å². The van der Waals surface area contributed by atoms with Gasteiger partial charge >= 0.3 is 0 Å². The van der Waals surface area contributed by atoms with Gasteiger partial charge in [-0.05, 0) is 31.5 Å². The number of hydrogen-bond acceptors (Lipinski definition) is 3. The molecule has 4 nitrogen and oxygen atoms in total. The van der Waals surface area contributed by atoms with Crippen molar-refractivity contribution in [2.45, 2.75) is 44.1 Å². The number of para-hydroxylation sites is 1. The molecule has 0 heterocycles. The zero-order valence-corrected chi connectivity index (χ0v) is 15.3. The Bertz CT molecular complexity index is 862. The van der Waals surface area contributed by atoms with Gasteiger partial charge in [-0.3, -0.25) is 4.72 Å². The molecule has 2 aromatic rings. The van der Waals surface area contributed by atoms with Gasteiger partial charge in [0.25, 0.3) is 10.0 Å². The molecule has 0 aliphatic carbocycles. The van der Waals surface area contributed by atoms with Crippen molar-refractivity contribution >= 4 is 15.7 Å². The van der Waals surface area contributed by atoms with E-state index < -0.39 is 16.1 Å². The zero-order valence-electron chi connectivity index (χ0n) is 14.5. The van der Waals surface area contributed by atoms with E-state index in [0.29, 0.717) is 17.7 Å². The van der Waals surface area contributed by atoms with Gasteiger partial charge in [0.05, 0.1) is 10.6 Å². The maximum Gasteiger partial charge on any atom is 0.261 e. The van der Waals surface area contributed by atoms with E-state index in [1.54, 1.807) is 48.5 Å². The molecule has 132 valence electrons. The van der Waals surface area contributed by atoms with Crippen LogP contribution in [0.5, 0.6) is 0 Å². The first-order valence-corrected chi connectivity index (χ1v) is 9.77. The number of unbranched alkanes of at least 4 members (excludes halogenated alkanes) is 2. The van der Waals surface area contributed by atoms with Crippen LogP contribution in [0.3, 0.4) is 0 Å². The van der Waals surface area contributed by atoms with Gasteiger partial charge in [0.15, 0.2) is 0 Å². The predicted molar refractivity (Wildman–Crippen MR) is 101 cm³/mol. The maximum atomic E-state index is 12.6. The summed E-state index contributed by atoms with van der Waals surface area (Å²) in [7, 11) is -3.72. The summed E-state index contributed by atoms with van der Waals surface area (Å²) in [5.41, 5.74) is 1.76. The second kappa shape index (κ2) is 8.70. The van der Waals surface area contributed by atoms with Crippen LogP contribution in [0.1, 0.15) is 43.4 Å². The number of aliphatic hydroxyl groups is 1. The quantitative estimate of drug-likeness (QED) is 0.606. The molecule has 2 N–H and O–H groups in total. The van der Waals surface area contributed by atoms with Gasteiger partial charge in [0, 0.05) is 12.0 Å². The molecule has 0 saturated heterocycles. The molecule has 0 saturated carbocycles. The minimum absolute atomic E-state index is 0.177. The third-order valence-corrected chi connectivity index (χ3v) is 5.11. The lowest BCUT2D eigenvalue weighted by atomic mass is 10.1. The number of sulfonamides is 1. The highest BCUT2D eigenvalue weighted by Crippen LogP contribution is 2.25. The third kappa shape index (κ3) is 5.35. The summed E-state index contributed by atoms with van der Waals surface area (Å²) in [5.74, 6) is 5.71. The van der Waals surface area contributed by atoms with Gasteiger partial charge in [0.2, 0.25) is 0 Å². The molecule has 0 amide bonds. The fourth-order valence-corrected chi connectivity index (χ4v) is 3.35. The molecule has 0 radical (unpaired) electrons. The van der Waals surface area contributed by atoms with Gasteiger partial charge in [0.1, 0.15) is 6.10 Å². The van der Waals surface area contributed by atoms with Crippen LogP contribution in [0.4, 0.5) is 5.69 Å². The van der Waals surface area contributed by atoms with Crippen LogP contribution in [0.25, 0.3) is 0 Å². The normalized spacial score (nSPS) is 12.1. The van der Waals surface area contributed by atoms with Gasteiger partial charge in [-0.1, -0.05) is 55.2 Å². The SMILES string of the molecule is CCCCC#CC(O)c1ccccc1NS(=O)(=O)c1ccc(C)cc1. The summed E-state index contributed by atoms with van der Waals surface area (Å²) < 4.78 is 27.7. The van der Waals surface area contributed by atoms with Crippen LogP contribution in [0.15, 0.2) is 53.4 Å². The van der Waals surface area contributed by atoms with Crippen LogP contribution >= 0.6 is 0 Å². The monoisotopic (exact) mass is 357 g/mol. The Kier molecular flexibility index (Phi) is 6.63. The van der Waals surface area contributed by atoms with Crippen LogP contribution < -0.4 is 4.72 Å². The Morgan fingerprint density at radius 3 is 2.48 bits per heavy atom. The molecule has 2 rings (SSSR count). The van der Waals surface area contributed by atoms with Crippen molar-refractivity contribution in [3.8, 4) is 11.8 Å². The Labute approximate surface area is 150 Å². The number of rotatable bonds is 6. The molecule has 1 unspecified atom stereocenters. The number of hydrogen-bond donors (Lipinski definition) is 2. The molecule has 0 bridgehead atoms. The van der Waals surface area contributed by atoms with Gasteiger partial charge in [-0.2, -0.15) is 0 Å². The highest BCUT2D eigenvalue weighted by atomic mass is 32.2. The van der Waals surface area contributed by atoms with E-state index in [4.69, 9.17) is 0 Å². The molecule has 0 aliphatic heterocycles. The van der Waals surface area contributed by atoms with Crippen LogP contribution in [0, 0.1) is 18.8 Å². The van der Waals surface area contributed by atoms with Crippen molar-refractivity contribution in [1.29, 1.82) is 0 Å². The number of anilines is 1. The van der Waals surface area contributed by atoms with Crippen LogP contribution in [-0.4, -0.2) is 13.5 Å². The summed E-state index contributed by atoms with van der Waals surface area (Å²) in [4.78, 5) is 0.177. The summed E-state index contributed by atoms with van der Waals surface area (Å²) in [5, 5.41) is 10.3. The summed E-state index contributed by atoms with van der Waals surface area (Å²) in [6.45, 7) is 3.97. The minimum Gasteiger partial charge on any atom is -0.376 e. The van der Waals surface area contributed by atoms with Crippen molar-refractivity contribution < 1.29 is 13.5 Å². The fraction of sp³-hybridized carbons (Fsp3) is 0.300. The first-order valence-electron chi connectivity index (χ1n) is 8.29. The molecule has 1 atom stereocenters.